The molecule has 0 saturated heterocycles. The highest BCUT2D eigenvalue weighted by molar-refractivity contribution is 7.92. The van der Waals surface area contributed by atoms with Crippen LogP contribution in [0.1, 0.15) is 6.92 Å². The average molecular weight is 461 g/mol. The summed E-state index contributed by atoms with van der Waals surface area (Å²) in [7, 11) is -2.23. The lowest BCUT2D eigenvalue weighted by Crippen LogP contribution is -2.30. The fourth-order valence-corrected chi connectivity index (χ4v) is 3.81. The summed E-state index contributed by atoms with van der Waals surface area (Å²) in [4.78, 5) is 12.5. The third kappa shape index (κ3) is 6.13. The molecule has 0 spiro atoms. The molecular formula is C22H21ClN2O5S. The number of anilines is 2. The minimum absolute atomic E-state index is 0.0566. The maximum absolute atomic E-state index is 12.5. The van der Waals surface area contributed by atoms with Gasteiger partial charge in [-0.05, 0) is 67.6 Å². The van der Waals surface area contributed by atoms with Crippen molar-refractivity contribution in [1.82, 2.24) is 0 Å². The third-order valence-corrected chi connectivity index (χ3v) is 5.90. The maximum Gasteiger partial charge on any atom is 0.265 e. The number of ether oxygens (including phenoxy) is 2. The van der Waals surface area contributed by atoms with Crippen molar-refractivity contribution in [2.75, 3.05) is 17.1 Å². The molecule has 0 saturated carbocycles. The van der Waals surface area contributed by atoms with Crippen LogP contribution < -0.4 is 19.5 Å². The summed E-state index contributed by atoms with van der Waals surface area (Å²) >= 11 is 5.81. The van der Waals surface area contributed by atoms with E-state index in [4.69, 9.17) is 21.1 Å². The zero-order valence-electron chi connectivity index (χ0n) is 16.8. The molecule has 0 aromatic heterocycles. The fourth-order valence-electron chi connectivity index (χ4n) is 2.63. The molecule has 0 aliphatic heterocycles. The van der Waals surface area contributed by atoms with Gasteiger partial charge in [0, 0.05) is 22.5 Å². The molecule has 3 rings (SSSR count). The fraction of sp³-hybridized carbons (Fsp3) is 0.136. The highest BCUT2D eigenvalue weighted by Crippen LogP contribution is 2.22. The summed E-state index contributed by atoms with van der Waals surface area (Å²) in [6.45, 7) is 1.61. The van der Waals surface area contributed by atoms with E-state index in [0.717, 1.165) is 0 Å². The number of hydrogen-bond donors (Lipinski definition) is 2. The van der Waals surface area contributed by atoms with E-state index in [1.807, 2.05) is 0 Å². The van der Waals surface area contributed by atoms with E-state index in [-0.39, 0.29) is 10.8 Å². The SMILES string of the molecule is COc1cccc(O[C@H](C)C(=O)Nc2ccc(S(=O)(=O)Nc3ccc(Cl)cc3)cc2)c1. The minimum Gasteiger partial charge on any atom is -0.497 e. The zero-order chi connectivity index (χ0) is 22.4. The van der Waals surface area contributed by atoms with Gasteiger partial charge >= 0.3 is 0 Å². The number of hydrogen-bond acceptors (Lipinski definition) is 5. The highest BCUT2D eigenvalue weighted by Gasteiger charge is 2.17. The van der Waals surface area contributed by atoms with Crippen LogP contribution in [0.25, 0.3) is 0 Å². The number of carbonyl (C=O) groups excluding carboxylic acids is 1. The first-order valence-electron chi connectivity index (χ1n) is 9.27. The van der Waals surface area contributed by atoms with Crippen LogP contribution in [0.2, 0.25) is 5.02 Å². The van der Waals surface area contributed by atoms with E-state index in [0.29, 0.717) is 27.9 Å². The molecule has 3 aromatic rings. The molecule has 0 bridgehead atoms. The second-order valence-electron chi connectivity index (χ2n) is 6.57. The Morgan fingerprint density at radius 1 is 0.935 bits per heavy atom. The van der Waals surface area contributed by atoms with Crippen LogP contribution in [-0.4, -0.2) is 27.5 Å². The lowest BCUT2D eigenvalue weighted by molar-refractivity contribution is -0.122. The lowest BCUT2D eigenvalue weighted by Gasteiger charge is -2.15. The highest BCUT2D eigenvalue weighted by atomic mass is 35.5. The molecule has 0 unspecified atom stereocenters. The van der Waals surface area contributed by atoms with Gasteiger partial charge < -0.3 is 14.8 Å². The smallest absolute Gasteiger partial charge is 0.265 e. The van der Waals surface area contributed by atoms with Crippen molar-refractivity contribution in [3.05, 3.63) is 77.8 Å². The summed E-state index contributed by atoms with van der Waals surface area (Å²) in [6, 6.07) is 19.1. The first-order chi connectivity index (χ1) is 14.8. The van der Waals surface area contributed by atoms with Gasteiger partial charge in [0.05, 0.1) is 12.0 Å². The molecule has 7 nitrogen and oxygen atoms in total. The van der Waals surface area contributed by atoms with Crippen LogP contribution in [0.15, 0.2) is 77.7 Å². The molecule has 0 fully saturated rings. The van der Waals surface area contributed by atoms with Crippen LogP contribution in [0.5, 0.6) is 11.5 Å². The number of methoxy groups -OCH3 is 1. The van der Waals surface area contributed by atoms with Gasteiger partial charge in [-0.3, -0.25) is 9.52 Å². The molecule has 0 aliphatic rings. The van der Waals surface area contributed by atoms with Crippen molar-refractivity contribution >= 4 is 38.9 Å². The first-order valence-corrected chi connectivity index (χ1v) is 11.1. The predicted molar refractivity (Wildman–Crippen MR) is 120 cm³/mol. The Balaban J connectivity index is 1.62. The molecule has 1 atom stereocenters. The Hall–Kier alpha value is -3.23. The Labute approximate surface area is 186 Å². The summed E-state index contributed by atoms with van der Waals surface area (Å²) in [6.07, 6.45) is -0.776. The summed E-state index contributed by atoms with van der Waals surface area (Å²) in [5, 5.41) is 3.21. The second kappa shape index (κ2) is 9.72. The van der Waals surface area contributed by atoms with Gasteiger partial charge in [-0.15, -0.1) is 0 Å². The van der Waals surface area contributed by atoms with Crippen molar-refractivity contribution in [3.8, 4) is 11.5 Å². The molecular weight excluding hydrogens is 440 g/mol. The minimum atomic E-state index is -3.78. The second-order valence-corrected chi connectivity index (χ2v) is 8.68. The van der Waals surface area contributed by atoms with E-state index in [2.05, 4.69) is 10.0 Å². The Morgan fingerprint density at radius 2 is 1.55 bits per heavy atom. The third-order valence-electron chi connectivity index (χ3n) is 4.25. The maximum atomic E-state index is 12.5. The molecule has 0 aliphatic carbocycles. The summed E-state index contributed by atoms with van der Waals surface area (Å²) in [5.74, 6) is 0.739. The Bertz CT molecular complexity index is 1150. The van der Waals surface area contributed by atoms with Gasteiger partial charge in [-0.2, -0.15) is 0 Å². The van der Waals surface area contributed by atoms with E-state index < -0.39 is 16.1 Å². The Kier molecular flexibility index (Phi) is 7.04. The topological polar surface area (TPSA) is 93.7 Å². The van der Waals surface area contributed by atoms with Gasteiger partial charge in [-0.1, -0.05) is 17.7 Å². The molecule has 0 heterocycles. The normalized spacial score (nSPS) is 12.0. The largest absolute Gasteiger partial charge is 0.497 e. The Morgan fingerprint density at radius 3 is 2.19 bits per heavy atom. The molecule has 0 radical (unpaired) electrons. The van der Waals surface area contributed by atoms with Crippen molar-refractivity contribution < 1.29 is 22.7 Å². The summed E-state index contributed by atoms with van der Waals surface area (Å²) in [5.41, 5.74) is 0.835. The lowest BCUT2D eigenvalue weighted by atomic mass is 10.3. The van der Waals surface area contributed by atoms with Crippen molar-refractivity contribution in [2.24, 2.45) is 0 Å². The molecule has 9 heteroatoms. The molecule has 31 heavy (non-hydrogen) atoms. The molecule has 1 amide bonds. The number of sulfonamides is 1. The number of rotatable bonds is 8. The van der Waals surface area contributed by atoms with Crippen LogP contribution in [0, 0.1) is 0 Å². The van der Waals surface area contributed by atoms with E-state index >= 15 is 0 Å². The molecule has 162 valence electrons. The van der Waals surface area contributed by atoms with Gasteiger partial charge in [0.2, 0.25) is 0 Å². The van der Waals surface area contributed by atoms with Crippen LogP contribution >= 0.6 is 11.6 Å². The number of nitrogens with one attached hydrogen (secondary N) is 2. The number of benzene rings is 3. The van der Waals surface area contributed by atoms with Gasteiger partial charge in [0.15, 0.2) is 6.10 Å². The molecule has 2 N–H and O–H groups in total. The number of amides is 1. The average Bonchev–Trinajstić information content (AvgIpc) is 2.75. The van der Waals surface area contributed by atoms with Crippen LogP contribution in [0.3, 0.4) is 0 Å². The van der Waals surface area contributed by atoms with E-state index in [9.17, 15) is 13.2 Å². The van der Waals surface area contributed by atoms with Crippen LogP contribution in [0.4, 0.5) is 11.4 Å². The number of carbonyl (C=O) groups is 1. The van der Waals surface area contributed by atoms with E-state index in [1.54, 1.807) is 62.6 Å². The van der Waals surface area contributed by atoms with E-state index in [1.165, 1.54) is 24.3 Å². The summed E-state index contributed by atoms with van der Waals surface area (Å²) < 4.78 is 38.3. The van der Waals surface area contributed by atoms with Gasteiger partial charge in [0.1, 0.15) is 11.5 Å². The number of halogens is 1. The zero-order valence-corrected chi connectivity index (χ0v) is 18.4. The van der Waals surface area contributed by atoms with Crippen molar-refractivity contribution in [2.45, 2.75) is 17.9 Å². The monoisotopic (exact) mass is 460 g/mol. The predicted octanol–water partition coefficient (Wildman–Crippen LogP) is 4.56. The standard InChI is InChI=1S/C22H21ClN2O5S/c1-15(30-20-5-3-4-19(14-20)29-2)22(26)24-17-10-12-21(13-11-17)31(27,28)25-18-8-6-16(23)7-9-18/h3-15,25H,1-2H3,(H,24,26)/t15-/m1/s1. The molecule has 3 aromatic carbocycles. The van der Waals surface area contributed by atoms with Crippen molar-refractivity contribution in [1.29, 1.82) is 0 Å². The van der Waals surface area contributed by atoms with Gasteiger partial charge in [-0.25, -0.2) is 8.42 Å². The van der Waals surface area contributed by atoms with Gasteiger partial charge in [0.25, 0.3) is 15.9 Å². The quantitative estimate of drug-likeness (QED) is 0.514. The van der Waals surface area contributed by atoms with Crippen LogP contribution in [-0.2, 0) is 14.8 Å². The van der Waals surface area contributed by atoms with Crippen molar-refractivity contribution in [3.63, 3.8) is 0 Å². The first kappa shape index (κ1) is 22.5.